The van der Waals surface area contributed by atoms with Gasteiger partial charge in [0.2, 0.25) is 17.6 Å². The molecule has 4 rings (SSSR count). The summed E-state index contributed by atoms with van der Waals surface area (Å²) in [6, 6.07) is 15.0. The standard InChI is InChI=1S/C22H22N4O3/c1-15-5-7-16(8-6-15)21-23-19(29-24-21)14-25(2)22(28)17-9-11-18(12-10-17)26-13-3-4-20(26)27/h5-12H,3-4,13-14H2,1-2H3. The lowest BCUT2D eigenvalue weighted by atomic mass is 10.1. The Kier molecular flexibility index (Phi) is 5.12. The van der Waals surface area contributed by atoms with Crippen molar-refractivity contribution in [3.8, 4) is 11.4 Å². The highest BCUT2D eigenvalue weighted by molar-refractivity contribution is 5.97. The molecule has 1 saturated heterocycles. The van der Waals surface area contributed by atoms with Gasteiger partial charge in [-0.25, -0.2) is 0 Å². The molecule has 1 aliphatic rings. The largest absolute Gasteiger partial charge is 0.337 e. The number of carbonyl (C=O) groups is 2. The highest BCUT2D eigenvalue weighted by Crippen LogP contribution is 2.22. The Bertz CT molecular complexity index is 1020. The van der Waals surface area contributed by atoms with Crippen LogP contribution >= 0.6 is 0 Å². The van der Waals surface area contributed by atoms with Crippen LogP contribution in [-0.4, -0.2) is 40.4 Å². The number of rotatable bonds is 5. The van der Waals surface area contributed by atoms with Gasteiger partial charge in [0, 0.05) is 36.8 Å². The zero-order valence-corrected chi connectivity index (χ0v) is 16.5. The molecular formula is C22H22N4O3. The normalized spacial score (nSPS) is 13.7. The Labute approximate surface area is 168 Å². The average molecular weight is 390 g/mol. The molecule has 0 unspecified atom stereocenters. The summed E-state index contributed by atoms with van der Waals surface area (Å²) >= 11 is 0. The van der Waals surface area contributed by atoms with E-state index in [4.69, 9.17) is 4.52 Å². The second-order valence-corrected chi connectivity index (χ2v) is 7.23. The van der Waals surface area contributed by atoms with Gasteiger partial charge in [0.15, 0.2) is 0 Å². The lowest BCUT2D eigenvalue weighted by Crippen LogP contribution is -2.27. The summed E-state index contributed by atoms with van der Waals surface area (Å²) in [6.07, 6.45) is 1.45. The first-order valence-electron chi connectivity index (χ1n) is 9.57. The molecule has 0 aliphatic carbocycles. The Balaban J connectivity index is 1.42. The molecule has 29 heavy (non-hydrogen) atoms. The van der Waals surface area contributed by atoms with E-state index < -0.39 is 0 Å². The Morgan fingerprint density at radius 1 is 1.14 bits per heavy atom. The van der Waals surface area contributed by atoms with Crippen molar-refractivity contribution >= 4 is 17.5 Å². The molecule has 2 amide bonds. The van der Waals surface area contributed by atoms with Crippen molar-refractivity contribution in [3.05, 3.63) is 65.5 Å². The molecule has 3 aromatic rings. The number of benzene rings is 2. The first-order chi connectivity index (χ1) is 14.0. The minimum absolute atomic E-state index is 0.127. The lowest BCUT2D eigenvalue weighted by molar-refractivity contribution is -0.117. The van der Waals surface area contributed by atoms with E-state index in [1.165, 1.54) is 4.90 Å². The van der Waals surface area contributed by atoms with Crippen molar-refractivity contribution in [3.63, 3.8) is 0 Å². The van der Waals surface area contributed by atoms with Gasteiger partial charge in [-0.05, 0) is 37.6 Å². The van der Waals surface area contributed by atoms with Gasteiger partial charge in [-0.3, -0.25) is 9.59 Å². The van der Waals surface area contributed by atoms with Crippen molar-refractivity contribution in [2.45, 2.75) is 26.3 Å². The molecular weight excluding hydrogens is 368 g/mol. The van der Waals surface area contributed by atoms with Gasteiger partial charge in [-0.1, -0.05) is 35.0 Å². The molecule has 2 heterocycles. The summed E-state index contributed by atoms with van der Waals surface area (Å²) in [5.74, 6) is 0.845. The maximum Gasteiger partial charge on any atom is 0.254 e. The summed E-state index contributed by atoms with van der Waals surface area (Å²) in [5, 5.41) is 4.00. The van der Waals surface area contributed by atoms with Crippen LogP contribution in [0.3, 0.4) is 0 Å². The van der Waals surface area contributed by atoms with Gasteiger partial charge in [0.05, 0.1) is 6.54 Å². The van der Waals surface area contributed by atoms with Crippen LogP contribution in [-0.2, 0) is 11.3 Å². The molecule has 0 spiro atoms. The number of amides is 2. The average Bonchev–Trinajstić information content (AvgIpc) is 3.37. The van der Waals surface area contributed by atoms with E-state index in [0.29, 0.717) is 23.7 Å². The first-order valence-corrected chi connectivity index (χ1v) is 9.57. The monoisotopic (exact) mass is 390 g/mol. The van der Waals surface area contributed by atoms with Gasteiger partial charge in [0.25, 0.3) is 5.91 Å². The summed E-state index contributed by atoms with van der Waals surface area (Å²) in [7, 11) is 1.69. The molecule has 0 bridgehead atoms. The Hall–Kier alpha value is -3.48. The molecule has 148 valence electrons. The third-order valence-electron chi connectivity index (χ3n) is 5.00. The van der Waals surface area contributed by atoms with Gasteiger partial charge < -0.3 is 14.3 Å². The van der Waals surface area contributed by atoms with E-state index in [0.717, 1.165) is 29.8 Å². The minimum Gasteiger partial charge on any atom is -0.337 e. The van der Waals surface area contributed by atoms with Crippen molar-refractivity contribution in [1.82, 2.24) is 15.0 Å². The van der Waals surface area contributed by atoms with Crippen LogP contribution in [0.2, 0.25) is 0 Å². The van der Waals surface area contributed by atoms with Gasteiger partial charge >= 0.3 is 0 Å². The highest BCUT2D eigenvalue weighted by atomic mass is 16.5. The third-order valence-corrected chi connectivity index (χ3v) is 5.00. The van der Waals surface area contributed by atoms with Crippen molar-refractivity contribution in [2.24, 2.45) is 0 Å². The van der Waals surface area contributed by atoms with Crippen LogP contribution in [0, 0.1) is 6.92 Å². The highest BCUT2D eigenvalue weighted by Gasteiger charge is 2.22. The second-order valence-electron chi connectivity index (χ2n) is 7.23. The van der Waals surface area contributed by atoms with E-state index in [1.54, 1.807) is 24.1 Å². The van der Waals surface area contributed by atoms with Crippen molar-refractivity contribution < 1.29 is 14.1 Å². The van der Waals surface area contributed by atoms with Crippen molar-refractivity contribution in [1.29, 1.82) is 0 Å². The molecule has 1 aliphatic heterocycles. The smallest absolute Gasteiger partial charge is 0.254 e. The molecule has 0 atom stereocenters. The fraction of sp³-hybridized carbons (Fsp3) is 0.273. The molecule has 0 saturated carbocycles. The van der Waals surface area contributed by atoms with Crippen LogP contribution < -0.4 is 4.90 Å². The van der Waals surface area contributed by atoms with Gasteiger partial charge in [0.1, 0.15) is 0 Å². The first kappa shape index (κ1) is 18.9. The Morgan fingerprint density at radius 3 is 2.52 bits per heavy atom. The zero-order chi connectivity index (χ0) is 20.4. The molecule has 1 fully saturated rings. The summed E-state index contributed by atoms with van der Waals surface area (Å²) in [5.41, 5.74) is 3.39. The zero-order valence-electron chi connectivity index (χ0n) is 16.5. The number of nitrogens with zero attached hydrogens (tertiary/aromatic N) is 4. The fourth-order valence-electron chi connectivity index (χ4n) is 3.34. The van der Waals surface area contributed by atoms with Crippen molar-refractivity contribution in [2.75, 3.05) is 18.5 Å². The SMILES string of the molecule is Cc1ccc(-c2noc(CN(C)C(=O)c3ccc(N4CCCC4=O)cc3)n2)cc1. The van der Waals surface area contributed by atoms with E-state index in [2.05, 4.69) is 10.1 Å². The molecule has 0 N–H and O–H groups in total. The molecule has 0 radical (unpaired) electrons. The van der Waals surface area contributed by atoms with Crippen LogP contribution in [0.4, 0.5) is 5.69 Å². The van der Waals surface area contributed by atoms with E-state index in [-0.39, 0.29) is 18.4 Å². The van der Waals surface area contributed by atoms with E-state index >= 15 is 0 Å². The maximum absolute atomic E-state index is 12.7. The molecule has 7 heteroatoms. The predicted molar refractivity (Wildman–Crippen MR) is 108 cm³/mol. The maximum atomic E-state index is 12.7. The summed E-state index contributed by atoms with van der Waals surface area (Å²) in [4.78, 5) is 32.2. The number of aryl methyl sites for hydroxylation is 1. The predicted octanol–water partition coefficient (Wildman–Crippen LogP) is 3.44. The molecule has 7 nitrogen and oxygen atoms in total. The van der Waals surface area contributed by atoms with Gasteiger partial charge in [-0.15, -0.1) is 0 Å². The van der Waals surface area contributed by atoms with E-state index in [9.17, 15) is 9.59 Å². The van der Waals surface area contributed by atoms with Gasteiger partial charge in [-0.2, -0.15) is 4.98 Å². The van der Waals surface area contributed by atoms with Crippen LogP contribution in [0.5, 0.6) is 0 Å². The van der Waals surface area contributed by atoms with Crippen LogP contribution in [0.15, 0.2) is 53.1 Å². The third kappa shape index (κ3) is 4.03. The quantitative estimate of drug-likeness (QED) is 0.667. The van der Waals surface area contributed by atoms with Crippen LogP contribution in [0.1, 0.15) is 34.7 Å². The topological polar surface area (TPSA) is 79.5 Å². The summed E-state index contributed by atoms with van der Waals surface area (Å²) in [6.45, 7) is 2.96. The lowest BCUT2D eigenvalue weighted by Gasteiger charge is -2.17. The van der Waals surface area contributed by atoms with Crippen LogP contribution in [0.25, 0.3) is 11.4 Å². The summed E-state index contributed by atoms with van der Waals surface area (Å²) < 4.78 is 5.31. The Morgan fingerprint density at radius 2 is 1.86 bits per heavy atom. The fourth-order valence-corrected chi connectivity index (χ4v) is 3.34. The number of aromatic nitrogens is 2. The number of carbonyl (C=O) groups excluding carboxylic acids is 2. The number of hydrogen-bond donors (Lipinski definition) is 0. The molecule has 1 aromatic heterocycles. The molecule has 2 aromatic carbocycles. The number of anilines is 1. The van der Waals surface area contributed by atoms with E-state index in [1.807, 2.05) is 43.3 Å². The second kappa shape index (κ2) is 7.87. The number of hydrogen-bond acceptors (Lipinski definition) is 5. The minimum atomic E-state index is -0.153.